The molecule has 0 spiro atoms. The summed E-state index contributed by atoms with van der Waals surface area (Å²) in [6, 6.07) is 8.25. The van der Waals surface area contributed by atoms with Gasteiger partial charge in [0.2, 0.25) is 5.95 Å². The number of ether oxygens (including phenoxy) is 1. The van der Waals surface area contributed by atoms with Gasteiger partial charge in [0.25, 0.3) is 0 Å². The first-order valence-corrected chi connectivity index (χ1v) is 8.07. The molecular formula is C17H20N6O. The minimum Gasteiger partial charge on any atom is -0.378 e. The molecule has 24 heavy (non-hydrogen) atoms. The highest BCUT2D eigenvalue weighted by molar-refractivity contribution is 5.89. The van der Waals surface area contributed by atoms with Gasteiger partial charge < -0.3 is 15.0 Å². The maximum Gasteiger partial charge on any atom is 0.229 e. The fraction of sp³-hybridized carbons (Fsp3) is 0.353. The fourth-order valence-electron chi connectivity index (χ4n) is 2.78. The van der Waals surface area contributed by atoms with E-state index in [2.05, 4.69) is 34.4 Å². The zero-order chi connectivity index (χ0) is 16.5. The summed E-state index contributed by atoms with van der Waals surface area (Å²) in [7, 11) is 1.90. The maximum absolute atomic E-state index is 5.42. The number of hydrogen-bond acceptors (Lipinski definition) is 6. The Labute approximate surface area is 140 Å². The molecule has 1 aliphatic heterocycles. The number of nitrogens with zero attached hydrogens (tertiary/aromatic N) is 5. The van der Waals surface area contributed by atoms with Gasteiger partial charge >= 0.3 is 0 Å². The molecule has 1 aliphatic rings. The van der Waals surface area contributed by atoms with Crippen molar-refractivity contribution in [2.24, 2.45) is 7.05 Å². The number of benzene rings is 1. The van der Waals surface area contributed by atoms with Gasteiger partial charge in [-0.1, -0.05) is 17.7 Å². The van der Waals surface area contributed by atoms with E-state index in [0.29, 0.717) is 19.2 Å². The van der Waals surface area contributed by atoms with Crippen molar-refractivity contribution in [2.45, 2.75) is 6.92 Å². The number of rotatable bonds is 3. The van der Waals surface area contributed by atoms with Crippen molar-refractivity contribution in [3.05, 3.63) is 36.0 Å². The molecule has 1 fully saturated rings. The molecule has 1 saturated heterocycles. The Morgan fingerprint density at radius 1 is 1.08 bits per heavy atom. The Morgan fingerprint density at radius 2 is 1.83 bits per heavy atom. The normalized spacial score (nSPS) is 15.0. The molecule has 0 aliphatic carbocycles. The van der Waals surface area contributed by atoms with Crippen molar-refractivity contribution in [3.63, 3.8) is 0 Å². The minimum atomic E-state index is 0.702. The number of hydrogen-bond donors (Lipinski definition) is 1. The predicted octanol–water partition coefficient (Wildman–Crippen LogP) is 2.25. The molecule has 0 unspecified atom stereocenters. The second kappa shape index (κ2) is 6.09. The molecule has 1 aromatic carbocycles. The van der Waals surface area contributed by atoms with Crippen LogP contribution in [0.15, 0.2) is 30.5 Å². The van der Waals surface area contributed by atoms with Crippen LogP contribution in [0.1, 0.15) is 5.56 Å². The number of aromatic nitrogens is 4. The smallest absolute Gasteiger partial charge is 0.229 e. The van der Waals surface area contributed by atoms with Crippen LogP contribution in [0, 0.1) is 6.92 Å². The third-order valence-electron chi connectivity index (χ3n) is 4.19. The Kier molecular flexibility index (Phi) is 3.78. The molecule has 0 saturated carbocycles. The molecule has 0 atom stereocenters. The van der Waals surface area contributed by atoms with Crippen LogP contribution in [0.3, 0.4) is 0 Å². The van der Waals surface area contributed by atoms with Crippen molar-refractivity contribution in [1.82, 2.24) is 19.7 Å². The van der Waals surface area contributed by atoms with Crippen molar-refractivity contribution in [1.29, 1.82) is 0 Å². The Bertz CT molecular complexity index is 851. The third-order valence-corrected chi connectivity index (χ3v) is 4.19. The average molecular weight is 324 g/mol. The average Bonchev–Trinajstić information content (AvgIpc) is 2.99. The summed E-state index contributed by atoms with van der Waals surface area (Å²) in [5.41, 5.74) is 3.04. The van der Waals surface area contributed by atoms with Gasteiger partial charge in [-0.05, 0) is 19.1 Å². The summed E-state index contributed by atoms with van der Waals surface area (Å²) in [4.78, 5) is 11.6. The van der Waals surface area contributed by atoms with Crippen molar-refractivity contribution in [2.75, 3.05) is 36.5 Å². The molecule has 0 bridgehead atoms. The number of aryl methyl sites for hydroxylation is 2. The molecule has 7 heteroatoms. The van der Waals surface area contributed by atoms with E-state index in [1.54, 1.807) is 10.9 Å². The number of morpholine rings is 1. The van der Waals surface area contributed by atoms with E-state index in [1.807, 2.05) is 19.2 Å². The van der Waals surface area contributed by atoms with E-state index in [0.717, 1.165) is 35.6 Å². The highest BCUT2D eigenvalue weighted by atomic mass is 16.5. The lowest BCUT2D eigenvalue weighted by Crippen LogP contribution is -2.37. The summed E-state index contributed by atoms with van der Waals surface area (Å²) in [6.07, 6.45) is 1.80. The van der Waals surface area contributed by atoms with Gasteiger partial charge in [-0.2, -0.15) is 15.1 Å². The van der Waals surface area contributed by atoms with E-state index >= 15 is 0 Å². The predicted molar refractivity (Wildman–Crippen MR) is 93.8 cm³/mol. The van der Waals surface area contributed by atoms with Gasteiger partial charge in [0, 0.05) is 25.8 Å². The van der Waals surface area contributed by atoms with E-state index in [-0.39, 0.29) is 0 Å². The summed E-state index contributed by atoms with van der Waals surface area (Å²) < 4.78 is 7.20. The standard InChI is InChI=1S/C17H20N6O/c1-12-3-5-13(6-4-12)19-15-14-11-18-22(2)16(14)21-17(20-15)23-7-9-24-10-8-23/h3-6,11H,7-10H2,1-2H3,(H,19,20,21). The van der Waals surface area contributed by atoms with E-state index < -0.39 is 0 Å². The zero-order valence-corrected chi connectivity index (χ0v) is 13.9. The first-order valence-electron chi connectivity index (χ1n) is 8.07. The number of fused-ring (bicyclic) bond motifs is 1. The molecule has 124 valence electrons. The van der Waals surface area contributed by atoms with E-state index in [4.69, 9.17) is 14.7 Å². The van der Waals surface area contributed by atoms with Gasteiger partial charge in [0.05, 0.1) is 24.8 Å². The molecule has 1 N–H and O–H groups in total. The second-order valence-electron chi connectivity index (χ2n) is 5.97. The highest BCUT2D eigenvalue weighted by Gasteiger charge is 2.18. The summed E-state index contributed by atoms with van der Waals surface area (Å²) in [5.74, 6) is 1.49. The fourth-order valence-corrected chi connectivity index (χ4v) is 2.78. The number of anilines is 3. The summed E-state index contributed by atoms with van der Waals surface area (Å²) in [5, 5.41) is 8.65. The molecule has 4 rings (SSSR count). The second-order valence-corrected chi connectivity index (χ2v) is 5.97. The molecule has 2 aromatic heterocycles. The maximum atomic E-state index is 5.42. The van der Waals surface area contributed by atoms with Gasteiger partial charge in [0.1, 0.15) is 5.82 Å². The highest BCUT2D eigenvalue weighted by Crippen LogP contribution is 2.26. The quantitative estimate of drug-likeness (QED) is 0.797. The molecule has 3 aromatic rings. The van der Waals surface area contributed by atoms with E-state index in [1.165, 1.54) is 5.56 Å². The van der Waals surface area contributed by atoms with Gasteiger partial charge in [0.15, 0.2) is 5.65 Å². The van der Waals surface area contributed by atoms with Gasteiger partial charge in [-0.3, -0.25) is 4.68 Å². The van der Waals surface area contributed by atoms with Crippen LogP contribution in [0.5, 0.6) is 0 Å². The van der Waals surface area contributed by atoms with Gasteiger partial charge in [-0.25, -0.2) is 0 Å². The lowest BCUT2D eigenvalue weighted by Gasteiger charge is -2.27. The molecule has 3 heterocycles. The lowest BCUT2D eigenvalue weighted by atomic mass is 10.2. The van der Waals surface area contributed by atoms with Crippen LogP contribution in [0.25, 0.3) is 11.0 Å². The van der Waals surface area contributed by atoms with Crippen molar-refractivity contribution >= 4 is 28.5 Å². The van der Waals surface area contributed by atoms with Crippen LogP contribution >= 0.6 is 0 Å². The van der Waals surface area contributed by atoms with E-state index in [9.17, 15) is 0 Å². The van der Waals surface area contributed by atoms with Gasteiger partial charge in [-0.15, -0.1) is 0 Å². The van der Waals surface area contributed by atoms with Crippen molar-refractivity contribution in [3.8, 4) is 0 Å². The first-order chi connectivity index (χ1) is 11.7. The largest absolute Gasteiger partial charge is 0.378 e. The Hall–Kier alpha value is -2.67. The lowest BCUT2D eigenvalue weighted by molar-refractivity contribution is 0.122. The summed E-state index contributed by atoms with van der Waals surface area (Å²) in [6.45, 7) is 5.08. The monoisotopic (exact) mass is 324 g/mol. The molecule has 7 nitrogen and oxygen atoms in total. The van der Waals surface area contributed by atoms with Crippen molar-refractivity contribution < 1.29 is 4.74 Å². The third kappa shape index (κ3) is 2.78. The topological polar surface area (TPSA) is 68.1 Å². The Balaban J connectivity index is 1.76. The van der Waals surface area contributed by atoms with Crippen LogP contribution in [0.4, 0.5) is 17.5 Å². The zero-order valence-electron chi connectivity index (χ0n) is 13.9. The minimum absolute atomic E-state index is 0.702. The molecule has 0 amide bonds. The van der Waals surface area contributed by atoms with Crippen LogP contribution in [0.2, 0.25) is 0 Å². The molecular weight excluding hydrogens is 304 g/mol. The van der Waals surface area contributed by atoms with Crippen LogP contribution in [-0.4, -0.2) is 46.1 Å². The first kappa shape index (κ1) is 14.9. The summed E-state index contributed by atoms with van der Waals surface area (Å²) >= 11 is 0. The van der Waals surface area contributed by atoms with Crippen LogP contribution < -0.4 is 10.2 Å². The number of nitrogens with one attached hydrogen (secondary N) is 1. The Morgan fingerprint density at radius 3 is 2.58 bits per heavy atom. The SMILES string of the molecule is Cc1ccc(Nc2nc(N3CCOCC3)nc3c2cnn3C)cc1. The van der Waals surface area contributed by atoms with Crippen LogP contribution in [-0.2, 0) is 11.8 Å². The molecule has 0 radical (unpaired) electrons.